The third-order valence-corrected chi connectivity index (χ3v) is 3.88. The monoisotopic (exact) mass is 353 g/mol. The molecule has 0 aliphatic rings. The molecule has 108 valence electrons. The van der Waals surface area contributed by atoms with Gasteiger partial charge in [-0.25, -0.2) is 4.98 Å². The second-order valence-electron chi connectivity index (χ2n) is 4.86. The van der Waals surface area contributed by atoms with Gasteiger partial charge in [-0.15, -0.1) is 0 Å². The van der Waals surface area contributed by atoms with Gasteiger partial charge in [-0.3, -0.25) is 4.79 Å². The summed E-state index contributed by atoms with van der Waals surface area (Å²) in [6, 6.07) is 19.0. The summed E-state index contributed by atoms with van der Waals surface area (Å²) < 4.78 is 2.89. The van der Waals surface area contributed by atoms with Crippen molar-refractivity contribution in [2.24, 2.45) is 0 Å². The van der Waals surface area contributed by atoms with Crippen molar-refractivity contribution in [2.75, 3.05) is 0 Å². The molecule has 2 heterocycles. The first-order valence-electron chi connectivity index (χ1n) is 6.93. The van der Waals surface area contributed by atoms with Gasteiger partial charge in [0.25, 0.3) is 0 Å². The van der Waals surface area contributed by atoms with Crippen LogP contribution in [-0.4, -0.2) is 10.8 Å². The van der Waals surface area contributed by atoms with E-state index in [0.29, 0.717) is 5.56 Å². The molecule has 3 nitrogen and oxygen atoms in total. The third kappa shape index (κ3) is 3.28. The van der Waals surface area contributed by atoms with Crippen LogP contribution in [0.4, 0.5) is 0 Å². The lowest BCUT2D eigenvalue weighted by Crippen LogP contribution is -2.39. The molecule has 0 amide bonds. The van der Waals surface area contributed by atoms with Gasteiger partial charge in [0.2, 0.25) is 18.0 Å². The van der Waals surface area contributed by atoms with Crippen LogP contribution in [0.25, 0.3) is 11.4 Å². The fourth-order valence-corrected chi connectivity index (χ4v) is 2.51. The molecule has 3 aromatic rings. The van der Waals surface area contributed by atoms with Crippen LogP contribution in [0.2, 0.25) is 0 Å². The summed E-state index contributed by atoms with van der Waals surface area (Å²) in [6.45, 7) is 0.286. The molecule has 0 spiro atoms. The lowest BCUT2D eigenvalue weighted by molar-refractivity contribution is -0.672. The molecule has 0 unspecified atom stereocenters. The van der Waals surface area contributed by atoms with E-state index in [2.05, 4.69) is 20.9 Å². The highest BCUT2D eigenvalue weighted by Gasteiger charge is 2.17. The Hall–Kier alpha value is -2.33. The van der Waals surface area contributed by atoms with Gasteiger partial charge in [0.1, 0.15) is 5.69 Å². The molecule has 0 atom stereocenters. The van der Waals surface area contributed by atoms with Crippen molar-refractivity contribution in [3.05, 3.63) is 83.1 Å². The quantitative estimate of drug-likeness (QED) is 0.529. The molecule has 3 rings (SSSR count). The van der Waals surface area contributed by atoms with Crippen LogP contribution in [0.1, 0.15) is 10.4 Å². The molecule has 0 aliphatic carbocycles. The van der Waals surface area contributed by atoms with Crippen molar-refractivity contribution in [3.63, 3.8) is 0 Å². The Kier molecular flexibility index (Phi) is 4.39. The van der Waals surface area contributed by atoms with E-state index in [1.165, 1.54) is 0 Å². The first-order chi connectivity index (χ1) is 10.7. The summed E-state index contributed by atoms with van der Waals surface area (Å²) in [5.74, 6) is 0.0703. The number of benzene rings is 1. The standard InChI is InChI=1S/C18H14BrN2O/c19-15-9-7-14(8-10-15)18(22)13-21-12-4-2-6-17(21)16-5-1-3-11-20-16/h1-12H,13H2/q+1. The fourth-order valence-electron chi connectivity index (χ4n) is 2.24. The van der Waals surface area contributed by atoms with Crippen LogP contribution in [0.5, 0.6) is 0 Å². The zero-order chi connectivity index (χ0) is 15.4. The van der Waals surface area contributed by atoms with Crippen molar-refractivity contribution in [3.8, 4) is 11.4 Å². The summed E-state index contributed by atoms with van der Waals surface area (Å²) in [7, 11) is 0. The van der Waals surface area contributed by atoms with Gasteiger partial charge in [-0.2, -0.15) is 4.57 Å². The number of carbonyl (C=O) groups is 1. The second-order valence-corrected chi connectivity index (χ2v) is 5.77. The molecule has 22 heavy (non-hydrogen) atoms. The first kappa shape index (κ1) is 14.6. The lowest BCUT2D eigenvalue weighted by atomic mass is 10.1. The summed E-state index contributed by atoms with van der Waals surface area (Å²) in [4.78, 5) is 16.8. The molecule has 0 saturated heterocycles. The van der Waals surface area contributed by atoms with Crippen LogP contribution in [-0.2, 0) is 6.54 Å². The maximum absolute atomic E-state index is 12.5. The summed E-state index contributed by atoms with van der Waals surface area (Å²) in [5.41, 5.74) is 2.48. The fraction of sp³-hybridized carbons (Fsp3) is 0.0556. The minimum absolute atomic E-state index is 0.0703. The maximum atomic E-state index is 12.5. The van der Waals surface area contributed by atoms with Crippen LogP contribution in [0.3, 0.4) is 0 Å². The number of carbonyl (C=O) groups excluding carboxylic acids is 1. The zero-order valence-electron chi connectivity index (χ0n) is 11.8. The number of halogens is 1. The molecular weight excluding hydrogens is 340 g/mol. The van der Waals surface area contributed by atoms with E-state index >= 15 is 0 Å². The van der Waals surface area contributed by atoms with Gasteiger partial charge in [0.05, 0.1) is 0 Å². The summed E-state index contributed by atoms with van der Waals surface area (Å²) in [6.07, 6.45) is 3.66. The molecule has 0 fully saturated rings. The Morgan fingerprint density at radius 1 is 1.00 bits per heavy atom. The van der Waals surface area contributed by atoms with Crippen LogP contribution in [0, 0.1) is 0 Å². The Labute approximate surface area is 137 Å². The van der Waals surface area contributed by atoms with Crippen molar-refractivity contribution < 1.29 is 9.36 Å². The van der Waals surface area contributed by atoms with E-state index in [9.17, 15) is 4.79 Å². The minimum atomic E-state index is 0.0703. The highest BCUT2D eigenvalue weighted by Crippen LogP contribution is 2.13. The molecule has 0 bridgehead atoms. The van der Waals surface area contributed by atoms with Gasteiger partial charge in [-0.1, -0.05) is 34.1 Å². The smallest absolute Gasteiger partial charge is 0.231 e. The molecule has 2 aromatic heterocycles. The Morgan fingerprint density at radius 2 is 1.77 bits per heavy atom. The average Bonchev–Trinajstić information content (AvgIpc) is 2.57. The van der Waals surface area contributed by atoms with Crippen molar-refractivity contribution in [1.82, 2.24) is 4.98 Å². The van der Waals surface area contributed by atoms with Crippen LogP contribution in [0.15, 0.2) is 77.5 Å². The number of rotatable bonds is 4. The molecule has 1 aromatic carbocycles. The predicted octanol–water partition coefficient (Wildman–Crippen LogP) is 3.68. The Bertz CT molecular complexity index is 786. The van der Waals surface area contributed by atoms with Crippen LogP contribution >= 0.6 is 15.9 Å². The molecule has 4 heteroatoms. The van der Waals surface area contributed by atoms with Gasteiger partial charge in [0, 0.05) is 28.4 Å². The number of pyridine rings is 2. The summed E-state index contributed by atoms with van der Waals surface area (Å²) in [5, 5.41) is 0. The van der Waals surface area contributed by atoms with E-state index in [1.807, 2.05) is 71.4 Å². The number of nitrogens with zero attached hydrogens (tertiary/aromatic N) is 2. The van der Waals surface area contributed by atoms with Gasteiger partial charge < -0.3 is 0 Å². The largest absolute Gasteiger partial charge is 0.287 e. The number of aromatic nitrogens is 2. The van der Waals surface area contributed by atoms with E-state index in [0.717, 1.165) is 15.9 Å². The second kappa shape index (κ2) is 6.62. The number of hydrogen-bond acceptors (Lipinski definition) is 2. The van der Waals surface area contributed by atoms with Crippen molar-refractivity contribution in [1.29, 1.82) is 0 Å². The molecular formula is C18H14BrN2O+. The normalized spacial score (nSPS) is 10.4. The molecule has 0 saturated carbocycles. The molecule has 0 N–H and O–H groups in total. The lowest BCUT2D eigenvalue weighted by Gasteiger charge is -2.03. The molecule has 0 aliphatic heterocycles. The number of Topliss-reactive ketones (excluding diaryl/α,β-unsaturated/α-hetero) is 1. The number of ketones is 1. The SMILES string of the molecule is O=C(C[n+]1ccccc1-c1ccccn1)c1ccc(Br)cc1. The molecule has 0 radical (unpaired) electrons. The van der Waals surface area contributed by atoms with Gasteiger partial charge >= 0.3 is 0 Å². The average molecular weight is 354 g/mol. The minimum Gasteiger partial charge on any atom is -0.287 e. The van der Waals surface area contributed by atoms with E-state index in [4.69, 9.17) is 0 Å². The summed E-state index contributed by atoms with van der Waals surface area (Å²) >= 11 is 3.38. The predicted molar refractivity (Wildman–Crippen MR) is 88.3 cm³/mol. The number of hydrogen-bond donors (Lipinski definition) is 0. The van der Waals surface area contributed by atoms with Crippen molar-refractivity contribution >= 4 is 21.7 Å². The van der Waals surface area contributed by atoms with Gasteiger partial charge in [0.15, 0.2) is 6.20 Å². The third-order valence-electron chi connectivity index (χ3n) is 3.35. The Balaban J connectivity index is 1.90. The van der Waals surface area contributed by atoms with Gasteiger partial charge in [-0.05, 0) is 30.3 Å². The van der Waals surface area contributed by atoms with Crippen molar-refractivity contribution in [2.45, 2.75) is 6.54 Å². The highest BCUT2D eigenvalue weighted by molar-refractivity contribution is 9.10. The topological polar surface area (TPSA) is 33.8 Å². The first-order valence-corrected chi connectivity index (χ1v) is 7.72. The van der Waals surface area contributed by atoms with Crippen LogP contribution < -0.4 is 4.57 Å². The van der Waals surface area contributed by atoms with E-state index in [1.54, 1.807) is 6.20 Å². The maximum Gasteiger partial charge on any atom is 0.231 e. The zero-order valence-corrected chi connectivity index (χ0v) is 13.4. The highest BCUT2D eigenvalue weighted by atomic mass is 79.9. The van der Waals surface area contributed by atoms with E-state index in [-0.39, 0.29) is 12.3 Å². The Morgan fingerprint density at radius 3 is 2.50 bits per heavy atom. The van der Waals surface area contributed by atoms with E-state index < -0.39 is 0 Å².